The standard InChI is InChI=1S/C16H24N2O/c1-4-9-16(3,17)15(19)18-11-12(2)10-13-7-5-6-8-14(13)18/h5-8,12H,4,9-11,17H2,1-3H3. The molecule has 2 unspecified atom stereocenters. The van der Waals surface area contributed by atoms with Crippen LogP contribution in [-0.2, 0) is 11.2 Å². The highest BCUT2D eigenvalue weighted by Crippen LogP contribution is 2.31. The highest BCUT2D eigenvalue weighted by Gasteiger charge is 2.35. The lowest BCUT2D eigenvalue weighted by atomic mass is 9.90. The number of carbonyl (C=O) groups is 1. The summed E-state index contributed by atoms with van der Waals surface area (Å²) in [5, 5.41) is 0. The molecule has 0 saturated carbocycles. The average Bonchev–Trinajstić information content (AvgIpc) is 2.36. The fourth-order valence-electron chi connectivity index (χ4n) is 2.92. The number of nitrogens with zero attached hydrogens (tertiary/aromatic N) is 1. The maximum Gasteiger partial charge on any atom is 0.246 e. The Balaban J connectivity index is 2.32. The fourth-order valence-corrected chi connectivity index (χ4v) is 2.92. The van der Waals surface area contributed by atoms with Crippen molar-refractivity contribution in [1.29, 1.82) is 0 Å². The first-order valence-corrected chi connectivity index (χ1v) is 7.14. The number of hydrogen-bond donors (Lipinski definition) is 1. The van der Waals surface area contributed by atoms with Crippen LogP contribution in [0.15, 0.2) is 24.3 Å². The minimum absolute atomic E-state index is 0.0494. The maximum absolute atomic E-state index is 12.7. The third kappa shape index (κ3) is 2.81. The molecule has 0 aromatic heterocycles. The van der Waals surface area contributed by atoms with E-state index in [1.807, 2.05) is 30.0 Å². The van der Waals surface area contributed by atoms with Gasteiger partial charge in [0.2, 0.25) is 5.91 Å². The zero-order valence-electron chi connectivity index (χ0n) is 12.1. The summed E-state index contributed by atoms with van der Waals surface area (Å²) in [4.78, 5) is 14.6. The SMILES string of the molecule is CCCC(C)(N)C(=O)N1CC(C)Cc2ccccc21. The molecule has 1 amide bonds. The summed E-state index contributed by atoms with van der Waals surface area (Å²) < 4.78 is 0. The molecule has 1 aliphatic rings. The van der Waals surface area contributed by atoms with Crippen LogP contribution in [0, 0.1) is 5.92 Å². The van der Waals surface area contributed by atoms with Gasteiger partial charge in [0, 0.05) is 12.2 Å². The molecular formula is C16H24N2O. The summed E-state index contributed by atoms with van der Waals surface area (Å²) in [5.41, 5.74) is 7.74. The minimum atomic E-state index is -0.765. The number of hydrogen-bond acceptors (Lipinski definition) is 2. The van der Waals surface area contributed by atoms with E-state index in [-0.39, 0.29) is 5.91 Å². The number of nitrogens with two attached hydrogens (primary N) is 1. The second kappa shape index (κ2) is 5.33. The maximum atomic E-state index is 12.7. The van der Waals surface area contributed by atoms with E-state index in [2.05, 4.69) is 19.9 Å². The minimum Gasteiger partial charge on any atom is -0.318 e. The monoisotopic (exact) mass is 260 g/mol. The van der Waals surface area contributed by atoms with E-state index in [1.165, 1.54) is 5.56 Å². The van der Waals surface area contributed by atoms with Gasteiger partial charge in [-0.2, -0.15) is 0 Å². The van der Waals surface area contributed by atoms with Crippen molar-refractivity contribution >= 4 is 11.6 Å². The largest absolute Gasteiger partial charge is 0.318 e. The molecule has 1 aromatic carbocycles. The number of rotatable bonds is 3. The van der Waals surface area contributed by atoms with E-state index < -0.39 is 5.54 Å². The van der Waals surface area contributed by atoms with Crippen LogP contribution in [0.4, 0.5) is 5.69 Å². The summed E-state index contributed by atoms with van der Waals surface area (Å²) in [6.07, 6.45) is 2.68. The molecule has 0 fully saturated rings. The Morgan fingerprint density at radius 2 is 2.16 bits per heavy atom. The highest BCUT2D eigenvalue weighted by molar-refractivity contribution is 6.00. The molecule has 0 bridgehead atoms. The summed E-state index contributed by atoms with van der Waals surface area (Å²) in [5.74, 6) is 0.532. The van der Waals surface area contributed by atoms with Gasteiger partial charge in [0.25, 0.3) is 0 Å². The van der Waals surface area contributed by atoms with Gasteiger partial charge >= 0.3 is 0 Å². The van der Waals surface area contributed by atoms with Crippen molar-refractivity contribution in [2.45, 2.75) is 45.6 Å². The Morgan fingerprint density at radius 1 is 1.47 bits per heavy atom. The van der Waals surface area contributed by atoms with Crippen LogP contribution in [0.25, 0.3) is 0 Å². The summed E-state index contributed by atoms with van der Waals surface area (Å²) >= 11 is 0. The summed E-state index contributed by atoms with van der Waals surface area (Å²) in [6, 6.07) is 8.16. The van der Waals surface area contributed by atoms with E-state index in [0.717, 1.165) is 31.5 Å². The molecule has 0 radical (unpaired) electrons. The van der Waals surface area contributed by atoms with Crippen LogP contribution in [0.2, 0.25) is 0 Å². The predicted octanol–water partition coefficient (Wildman–Crippen LogP) is 2.73. The number of amides is 1. The fraction of sp³-hybridized carbons (Fsp3) is 0.562. The molecule has 2 atom stereocenters. The van der Waals surface area contributed by atoms with Crippen molar-refractivity contribution in [2.24, 2.45) is 11.7 Å². The molecule has 0 saturated heterocycles. The van der Waals surface area contributed by atoms with E-state index in [4.69, 9.17) is 5.73 Å². The Hall–Kier alpha value is -1.35. The first-order valence-electron chi connectivity index (χ1n) is 7.14. The average molecular weight is 260 g/mol. The molecule has 0 aliphatic carbocycles. The van der Waals surface area contributed by atoms with Crippen molar-refractivity contribution < 1.29 is 4.79 Å². The van der Waals surface area contributed by atoms with Gasteiger partial charge in [-0.3, -0.25) is 4.79 Å². The second-order valence-corrected chi connectivity index (χ2v) is 6.02. The van der Waals surface area contributed by atoms with Gasteiger partial charge in [-0.1, -0.05) is 38.5 Å². The van der Waals surface area contributed by atoms with Gasteiger partial charge in [0.1, 0.15) is 0 Å². The Bertz CT molecular complexity index is 468. The number of fused-ring (bicyclic) bond motifs is 1. The number of carbonyl (C=O) groups excluding carboxylic acids is 1. The normalized spacial score (nSPS) is 21.7. The van der Waals surface area contributed by atoms with Crippen LogP contribution >= 0.6 is 0 Å². The Labute approximate surface area is 115 Å². The number of anilines is 1. The van der Waals surface area contributed by atoms with Crippen molar-refractivity contribution in [3.63, 3.8) is 0 Å². The van der Waals surface area contributed by atoms with Crippen LogP contribution in [-0.4, -0.2) is 18.0 Å². The summed E-state index contributed by atoms with van der Waals surface area (Å²) in [7, 11) is 0. The molecular weight excluding hydrogens is 236 g/mol. The van der Waals surface area contributed by atoms with E-state index in [9.17, 15) is 4.79 Å². The molecule has 3 heteroatoms. The van der Waals surface area contributed by atoms with Crippen LogP contribution in [0.5, 0.6) is 0 Å². The van der Waals surface area contributed by atoms with Gasteiger partial charge in [0.15, 0.2) is 0 Å². The molecule has 2 rings (SSSR count). The lowest BCUT2D eigenvalue weighted by molar-refractivity contribution is -0.123. The highest BCUT2D eigenvalue weighted by atomic mass is 16.2. The van der Waals surface area contributed by atoms with Gasteiger partial charge < -0.3 is 10.6 Å². The van der Waals surface area contributed by atoms with Gasteiger partial charge in [-0.05, 0) is 37.3 Å². The van der Waals surface area contributed by atoms with E-state index >= 15 is 0 Å². The zero-order valence-corrected chi connectivity index (χ0v) is 12.1. The van der Waals surface area contributed by atoms with Crippen molar-refractivity contribution in [2.75, 3.05) is 11.4 Å². The van der Waals surface area contributed by atoms with Crippen LogP contribution < -0.4 is 10.6 Å². The Morgan fingerprint density at radius 3 is 2.84 bits per heavy atom. The number of benzene rings is 1. The molecule has 1 aromatic rings. The van der Waals surface area contributed by atoms with Crippen molar-refractivity contribution in [3.05, 3.63) is 29.8 Å². The van der Waals surface area contributed by atoms with Gasteiger partial charge in [-0.15, -0.1) is 0 Å². The van der Waals surface area contributed by atoms with Gasteiger partial charge in [0.05, 0.1) is 5.54 Å². The third-order valence-corrected chi connectivity index (χ3v) is 3.85. The Kier molecular flexibility index (Phi) is 3.95. The lowest BCUT2D eigenvalue weighted by Gasteiger charge is -2.37. The summed E-state index contributed by atoms with van der Waals surface area (Å²) in [6.45, 7) is 6.86. The molecule has 1 heterocycles. The number of para-hydroxylation sites is 1. The third-order valence-electron chi connectivity index (χ3n) is 3.85. The first kappa shape index (κ1) is 14.1. The van der Waals surface area contributed by atoms with Crippen LogP contribution in [0.1, 0.15) is 39.2 Å². The topological polar surface area (TPSA) is 46.3 Å². The molecule has 3 nitrogen and oxygen atoms in total. The molecule has 104 valence electrons. The van der Waals surface area contributed by atoms with Crippen molar-refractivity contribution in [1.82, 2.24) is 0 Å². The van der Waals surface area contributed by atoms with Crippen molar-refractivity contribution in [3.8, 4) is 0 Å². The lowest BCUT2D eigenvalue weighted by Crippen LogP contribution is -2.55. The molecule has 2 N–H and O–H groups in total. The predicted molar refractivity (Wildman–Crippen MR) is 79.2 cm³/mol. The van der Waals surface area contributed by atoms with E-state index in [1.54, 1.807) is 0 Å². The molecule has 0 spiro atoms. The van der Waals surface area contributed by atoms with Gasteiger partial charge in [-0.25, -0.2) is 0 Å². The van der Waals surface area contributed by atoms with E-state index in [0.29, 0.717) is 5.92 Å². The second-order valence-electron chi connectivity index (χ2n) is 6.02. The first-order chi connectivity index (χ1) is 8.95. The smallest absolute Gasteiger partial charge is 0.246 e. The quantitative estimate of drug-likeness (QED) is 0.908. The zero-order chi connectivity index (χ0) is 14.0. The molecule has 1 aliphatic heterocycles. The van der Waals surface area contributed by atoms with Crippen LogP contribution in [0.3, 0.4) is 0 Å². The molecule has 19 heavy (non-hydrogen) atoms.